The summed E-state index contributed by atoms with van der Waals surface area (Å²) in [5.74, 6) is -1.05. The number of unbranched alkanes of at least 4 members (excludes halogenated alkanes) is 1. The van der Waals surface area contributed by atoms with E-state index in [9.17, 15) is 14.7 Å². The fourth-order valence-corrected chi connectivity index (χ4v) is 4.22. The minimum Gasteiger partial charge on any atom is -0.477 e. The summed E-state index contributed by atoms with van der Waals surface area (Å²) in [6.07, 6.45) is 4.48. The van der Waals surface area contributed by atoms with Crippen LogP contribution in [0.4, 0.5) is 0 Å². The average Bonchev–Trinajstić information content (AvgIpc) is 3.47. The van der Waals surface area contributed by atoms with E-state index in [1.165, 1.54) is 4.57 Å². The fourth-order valence-electron chi connectivity index (χ4n) is 4.22. The second-order valence-corrected chi connectivity index (χ2v) is 8.19. The molecule has 0 amide bonds. The van der Waals surface area contributed by atoms with Crippen LogP contribution in [0, 0.1) is 0 Å². The number of imidazole rings is 1. The molecule has 34 heavy (non-hydrogen) atoms. The molecule has 0 radical (unpaired) electrons. The van der Waals surface area contributed by atoms with E-state index in [2.05, 4.69) is 15.5 Å². The molecule has 176 valence electrons. The number of benzene rings is 2. The predicted molar refractivity (Wildman–Crippen MR) is 128 cm³/mol. The number of carboxylic acids is 1. The van der Waals surface area contributed by atoms with Crippen LogP contribution in [-0.4, -0.2) is 40.4 Å². The molecule has 2 heterocycles. The maximum atomic E-state index is 13.2. The summed E-state index contributed by atoms with van der Waals surface area (Å²) in [4.78, 5) is 25.2. The Morgan fingerprint density at radius 3 is 2.41 bits per heavy atom. The standard InChI is InChI=1S/C25H28N6O3/c1-3-5-15-29-23(24(32)33)22(8-4-2)30(25(29)34)16-18-11-13-19(14-12-18)20-9-6-7-10-21(20)31-17-26-27-28-31/h6-7,9-14,17H,3-5,8,15-16H2,1-2H3,(H,32,33). The minimum atomic E-state index is -1.05. The van der Waals surface area contributed by atoms with E-state index in [4.69, 9.17) is 0 Å². The first-order valence-corrected chi connectivity index (χ1v) is 11.5. The van der Waals surface area contributed by atoms with Gasteiger partial charge in [0.2, 0.25) is 0 Å². The third-order valence-corrected chi connectivity index (χ3v) is 5.86. The highest BCUT2D eigenvalue weighted by Crippen LogP contribution is 2.26. The molecule has 0 fully saturated rings. The van der Waals surface area contributed by atoms with Crippen LogP contribution in [0.1, 0.15) is 54.9 Å². The van der Waals surface area contributed by atoms with E-state index >= 15 is 0 Å². The lowest BCUT2D eigenvalue weighted by atomic mass is 10.0. The molecule has 0 aliphatic rings. The molecule has 0 saturated carbocycles. The quantitative estimate of drug-likeness (QED) is 0.386. The number of hydrogen-bond donors (Lipinski definition) is 1. The van der Waals surface area contributed by atoms with Gasteiger partial charge in [0, 0.05) is 12.1 Å². The molecule has 4 aromatic rings. The topological polar surface area (TPSA) is 108 Å². The van der Waals surface area contributed by atoms with Crippen molar-refractivity contribution < 1.29 is 9.90 Å². The van der Waals surface area contributed by atoms with Gasteiger partial charge < -0.3 is 5.11 Å². The fraction of sp³-hybridized carbons (Fsp3) is 0.320. The van der Waals surface area contributed by atoms with Gasteiger partial charge in [0.25, 0.3) is 0 Å². The van der Waals surface area contributed by atoms with Crippen LogP contribution in [0.5, 0.6) is 0 Å². The molecule has 1 N–H and O–H groups in total. The zero-order valence-electron chi connectivity index (χ0n) is 19.4. The number of aromatic carboxylic acids is 1. The minimum absolute atomic E-state index is 0.118. The van der Waals surface area contributed by atoms with Crippen LogP contribution in [0.3, 0.4) is 0 Å². The van der Waals surface area contributed by atoms with Crippen molar-refractivity contribution >= 4 is 5.97 Å². The van der Waals surface area contributed by atoms with Crippen LogP contribution in [0.25, 0.3) is 16.8 Å². The van der Waals surface area contributed by atoms with Gasteiger partial charge in [-0.2, -0.15) is 4.68 Å². The lowest BCUT2D eigenvalue weighted by Crippen LogP contribution is -2.26. The van der Waals surface area contributed by atoms with Crippen LogP contribution in [-0.2, 0) is 19.5 Å². The van der Waals surface area contributed by atoms with Gasteiger partial charge in [-0.25, -0.2) is 9.59 Å². The molecule has 2 aromatic heterocycles. The smallest absolute Gasteiger partial charge is 0.354 e. The highest BCUT2D eigenvalue weighted by molar-refractivity contribution is 5.87. The van der Waals surface area contributed by atoms with Crippen molar-refractivity contribution in [3.05, 3.63) is 82.3 Å². The monoisotopic (exact) mass is 460 g/mol. The van der Waals surface area contributed by atoms with E-state index in [0.29, 0.717) is 25.2 Å². The van der Waals surface area contributed by atoms with Crippen molar-refractivity contribution in [2.24, 2.45) is 0 Å². The number of hydrogen-bond acceptors (Lipinski definition) is 5. The summed E-state index contributed by atoms with van der Waals surface area (Å²) in [5, 5.41) is 21.3. The van der Waals surface area contributed by atoms with E-state index in [0.717, 1.165) is 41.6 Å². The molecule has 4 rings (SSSR count). The third-order valence-electron chi connectivity index (χ3n) is 5.86. The SMILES string of the molecule is CCCCn1c(C(=O)O)c(CCC)n(Cc2ccc(-c3ccccc3-n3cnnn3)cc2)c1=O. The zero-order valence-corrected chi connectivity index (χ0v) is 19.4. The first kappa shape index (κ1) is 23.2. The number of aromatic nitrogens is 6. The molecule has 0 atom stereocenters. The molecule has 0 aliphatic carbocycles. The van der Waals surface area contributed by atoms with Crippen LogP contribution < -0.4 is 5.69 Å². The Balaban J connectivity index is 1.69. The van der Waals surface area contributed by atoms with E-state index < -0.39 is 5.97 Å². The van der Waals surface area contributed by atoms with Crippen LogP contribution in [0.15, 0.2) is 59.7 Å². The van der Waals surface area contributed by atoms with Crippen molar-refractivity contribution in [1.29, 1.82) is 0 Å². The molecule has 0 unspecified atom stereocenters. The number of tetrazole rings is 1. The van der Waals surface area contributed by atoms with Crippen molar-refractivity contribution in [1.82, 2.24) is 29.3 Å². The first-order chi connectivity index (χ1) is 16.5. The molecule has 0 aliphatic heterocycles. The summed E-state index contributed by atoms with van der Waals surface area (Å²) in [7, 11) is 0. The van der Waals surface area contributed by atoms with Gasteiger partial charge in [-0.1, -0.05) is 69.2 Å². The van der Waals surface area contributed by atoms with Gasteiger partial charge in [0.1, 0.15) is 6.33 Å². The molecule has 0 spiro atoms. The van der Waals surface area contributed by atoms with Gasteiger partial charge in [0.05, 0.1) is 17.9 Å². The zero-order chi connectivity index (χ0) is 24.1. The maximum absolute atomic E-state index is 13.2. The molecular weight excluding hydrogens is 432 g/mol. The molecule has 9 heteroatoms. The van der Waals surface area contributed by atoms with E-state index in [1.807, 2.05) is 62.4 Å². The second-order valence-electron chi connectivity index (χ2n) is 8.19. The Labute approximate surface area is 197 Å². The lowest BCUT2D eigenvalue weighted by molar-refractivity contribution is 0.0683. The number of para-hydroxylation sites is 1. The highest BCUT2D eigenvalue weighted by Gasteiger charge is 2.24. The van der Waals surface area contributed by atoms with E-state index in [1.54, 1.807) is 15.6 Å². The van der Waals surface area contributed by atoms with Gasteiger partial charge in [-0.15, -0.1) is 5.10 Å². The largest absolute Gasteiger partial charge is 0.477 e. The van der Waals surface area contributed by atoms with E-state index in [-0.39, 0.29) is 11.4 Å². The van der Waals surface area contributed by atoms with Gasteiger partial charge in [-0.3, -0.25) is 9.13 Å². The first-order valence-electron chi connectivity index (χ1n) is 11.5. The summed E-state index contributed by atoms with van der Waals surface area (Å²) in [6, 6.07) is 15.8. The van der Waals surface area contributed by atoms with Crippen molar-refractivity contribution in [2.45, 2.75) is 52.6 Å². The second kappa shape index (κ2) is 10.3. The number of carboxylic acid groups (broad SMARTS) is 1. The normalized spacial score (nSPS) is 11.1. The molecule has 0 saturated heterocycles. The maximum Gasteiger partial charge on any atom is 0.354 e. The predicted octanol–water partition coefficient (Wildman–Crippen LogP) is 3.79. The third kappa shape index (κ3) is 4.54. The molecule has 9 nitrogen and oxygen atoms in total. The summed E-state index contributed by atoms with van der Waals surface area (Å²) >= 11 is 0. The molecule has 2 aromatic carbocycles. The Kier molecular flexibility index (Phi) is 7.01. The summed E-state index contributed by atoms with van der Waals surface area (Å²) in [5.41, 5.74) is 4.19. The van der Waals surface area contributed by atoms with Crippen LogP contribution in [0.2, 0.25) is 0 Å². The molecular formula is C25H28N6O3. The summed E-state index contributed by atoms with van der Waals surface area (Å²) < 4.78 is 4.66. The van der Waals surface area contributed by atoms with Gasteiger partial charge in [-0.05, 0) is 40.5 Å². The Morgan fingerprint density at radius 1 is 1.00 bits per heavy atom. The highest BCUT2D eigenvalue weighted by atomic mass is 16.4. The number of nitrogens with zero attached hydrogens (tertiary/aromatic N) is 6. The Hall–Kier alpha value is -4.01. The van der Waals surface area contributed by atoms with Crippen molar-refractivity contribution in [2.75, 3.05) is 0 Å². The van der Waals surface area contributed by atoms with Crippen LogP contribution >= 0.6 is 0 Å². The van der Waals surface area contributed by atoms with Crippen molar-refractivity contribution in [3.8, 4) is 16.8 Å². The number of carbonyl (C=O) groups is 1. The average molecular weight is 461 g/mol. The van der Waals surface area contributed by atoms with Gasteiger partial charge >= 0.3 is 11.7 Å². The van der Waals surface area contributed by atoms with Gasteiger partial charge in [0.15, 0.2) is 5.69 Å². The lowest BCUT2D eigenvalue weighted by Gasteiger charge is -2.11. The number of rotatable bonds is 10. The summed E-state index contributed by atoms with van der Waals surface area (Å²) in [6.45, 7) is 4.74. The molecule has 0 bridgehead atoms. The Bertz CT molecular complexity index is 1320. The Morgan fingerprint density at radius 2 is 1.76 bits per heavy atom. The van der Waals surface area contributed by atoms with Crippen molar-refractivity contribution in [3.63, 3.8) is 0 Å².